The topological polar surface area (TPSA) is 78.9 Å². The quantitative estimate of drug-likeness (QED) is 0.0261. The first-order chi connectivity index (χ1) is 35.0. The van der Waals surface area contributed by atoms with Crippen molar-refractivity contribution in [2.24, 2.45) is 0 Å². The predicted molar refractivity (Wildman–Crippen MR) is 306 cm³/mol. The number of esters is 3. The largest absolute Gasteiger partial charge is 0.462 e. The molecule has 0 saturated carbocycles. The van der Waals surface area contributed by atoms with Gasteiger partial charge in [0, 0.05) is 12.8 Å². The molecule has 0 saturated heterocycles. The predicted octanol–water partition coefficient (Wildman–Crippen LogP) is 19.6. The Kier molecular flexibility index (Phi) is 54.9. The SMILES string of the molecule is CC/C=C\C/C=C\C/C=C\C/C=C\C/C=C\CCCCCCCCCCCCCCCCCC(=O)OCC(COC(=O)CCCCCCCCC)OC(=O)C/C=C\C/C=C\C/C=C\C/C=C\C/C=C\CC. The lowest BCUT2D eigenvalue weighted by atomic mass is 10.0. The van der Waals surface area contributed by atoms with E-state index in [0.29, 0.717) is 12.8 Å². The van der Waals surface area contributed by atoms with E-state index in [9.17, 15) is 14.4 Å². The molecule has 6 heteroatoms. The van der Waals surface area contributed by atoms with Gasteiger partial charge >= 0.3 is 17.9 Å². The third kappa shape index (κ3) is 56.6. The molecule has 0 amide bonds. The summed E-state index contributed by atoms with van der Waals surface area (Å²) in [5, 5.41) is 0. The van der Waals surface area contributed by atoms with Crippen molar-refractivity contribution in [3.05, 3.63) is 122 Å². The summed E-state index contributed by atoms with van der Waals surface area (Å²) in [4.78, 5) is 37.8. The van der Waals surface area contributed by atoms with Gasteiger partial charge in [-0.15, -0.1) is 0 Å². The molecule has 0 aromatic heterocycles. The normalized spacial score (nSPS) is 13.0. The molecule has 0 aliphatic rings. The Labute approximate surface area is 437 Å². The maximum absolute atomic E-state index is 12.7. The van der Waals surface area contributed by atoms with Crippen LogP contribution in [0, 0.1) is 0 Å². The van der Waals surface area contributed by atoms with Crippen LogP contribution in [0.25, 0.3) is 0 Å². The van der Waals surface area contributed by atoms with E-state index in [1.54, 1.807) is 6.08 Å². The highest BCUT2D eigenvalue weighted by molar-refractivity contribution is 5.72. The van der Waals surface area contributed by atoms with Crippen molar-refractivity contribution in [3.63, 3.8) is 0 Å². The molecule has 0 aliphatic heterocycles. The van der Waals surface area contributed by atoms with Crippen molar-refractivity contribution >= 4 is 17.9 Å². The molecule has 71 heavy (non-hydrogen) atoms. The van der Waals surface area contributed by atoms with Crippen molar-refractivity contribution in [1.29, 1.82) is 0 Å². The van der Waals surface area contributed by atoms with Crippen LogP contribution in [0.3, 0.4) is 0 Å². The summed E-state index contributed by atoms with van der Waals surface area (Å²) in [6.45, 7) is 6.28. The summed E-state index contributed by atoms with van der Waals surface area (Å²) in [6.07, 6.45) is 81.1. The second-order valence-corrected chi connectivity index (χ2v) is 18.8. The fourth-order valence-electron chi connectivity index (χ4n) is 7.72. The van der Waals surface area contributed by atoms with Gasteiger partial charge in [-0.3, -0.25) is 14.4 Å². The molecular formula is C65H106O6. The molecule has 0 N–H and O–H groups in total. The Morgan fingerprint density at radius 3 is 0.930 bits per heavy atom. The van der Waals surface area contributed by atoms with Gasteiger partial charge in [-0.05, 0) is 89.9 Å². The second kappa shape index (κ2) is 58.4. The summed E-state index contributed by atoms with van der Waals surface area (Å²) in [5.41, 5.74) is 0. The van der Waals surface area contributed by atoms with Crippen LogP contribution < -0.4 is 0 Å². The first-order valence-electron chi connectivity index (χ1n) is 29.0. The zero-order chi connectivity index (χ0) is 51.4. The van der Waals surface area contributed by atoms with Crippen LogP contribution >= 0.6 is 0 Å². The average Bonchev–Trinajstić information content (AvgIpc) is 3.37. The molecule has 6 nitrogen and oxygen atoms in total. The number of rotatable bonds is 51. The van der Waals surface area contributed by atoms with Crippen molar-refractivity contribution < 1.29 is 28.6 Å². The van der Waals surface area contributed by atoms with Crippen LogP contribution in [0.2, 0.25) is 0 Å². The second-order valence-electron chi connectivity index (χ2n) is 18.8. The minimum absolute atomic E-state index is 0.0955. The fraction of sp³-hybridized carbons (Fsp3) is 0.646. The van der Waals surface area contributed by atoms with E-state index in [-0.39, 0.29) is 31.6 Å². The summed E-state index contributed by atoms with van der Waals surface area (Å²) < 4.78 is 16.6. The lowest BCUT2D eigenvalue weighted by molar-refractivity contribution is -0.166. The standard InChI is InChI=1S/C65H106O6/c1-4-7-10-13-16-18-20-22-24-25-26-27-28-29-30-31-32-33-34-35-36-37-38-39-41-42-44-46-49-52-55-58-64(67)70-61-62(60-69-63(66)57-54-51-48-15-12-9-6-3)71-65(68)59-56-53-50-47-45-43-40-23-21-19-17-14-11-8-5-2/h7-8,10-11,16-19,22-24,26-27,29-30,40,45,47,53,56,62H,4-6,9,12-15,20-21,25,28,31-39,41-44,46,48-52,54-55,57-61H2,1-3H3/b10-7-,11-8-,18-16-,19-17-,24-22-,27-26-,30-29-,40-23-,47-45-,56-53-. The number of hydrogen-bond donors (Lipinski definition) is 0. The first kappa shape index (κ1) is 66.8. The molecule has 0 aliphatic carbocycles. The van der Waals surface area contributed by atoms with Gasteiger partial charge in [0.15, 0.2) is 6.10 Å². The van der Waals surface area contributed by atoms with Crippen molar-refractivity contribution in [2.75, 3.05) is 13.2 Å². The Morgan fingerprint density at radius 2 is 0.592 bits per heavy atom. The monoisotopic (exact) mass is 983 g/mol. The zero-order valence-corrected chi connectivity index (χ0v) is 45.9. The van der Waals surface area contributed by atoms with Crippen LogP contribution in [-0.2, 0) is 28.6 Å². The lowest BCUT2D eigenvalue weighted by Crippen LogP contribution is -2.30. The Bertz CT molecular complexity index is 1500. The van der Waals surface area contributed by atoms with Crippen LogP contribution in [-0.4, -0.2) is 37.2 Å². The molecule has 0 fully saturated rings. The molecule has 0 spiro atoms. The molecule has 0 aromatic carbocycles. The molecule has 0 rings (SSSR count). The lowest BCUT2D eigenvalue weighted by Gasteiger charge is -2.18. The van der Waals surface area contributed by atoms with Crippen LogP contribution in [0.15, 0.2) is 122 Å². The van der Waals surface area contributed by atoms with E-state index in [1.165, 1.54) is 109 Å². The number of allylic oxidation sites excluding steroid dienone is 19. The maximum atomic E-state index is 12.7. The highest BCUT2D eigenvalue weighted by atomic mass is 16.6. The van der Waals surface area contributed by atoms with Gasteiger partial charge < -0.3 is 14.2 Å². The van der Waals surface area contributed by atoms with Gasteiger partial charge in [-0.2, -0.15) is 0 Å². The Morgan fingerprint density at radius 1 is 0.310 bits per heavy atom. The maximum Gasteiger partial charge on any atom is 0.310 e. The number of unbranched alkanes of at least 4 members (excludes halogenated alkanes) is 21. The van der Waals surface area contributed by atoms with Crippen LogP contribution in [0.1, 0.15) is 252 Å². The van der Waals surface area contributed by atoms with Gasteiger partial charge in [-0.1, -0.05) is 264 Å². The number of carbonyl (C=O) groups is 3. The van der Waals surface area contributed by atoms with Crippen LogP contribution in [0.4, 0.5) is 0 Å². The van der Waals surface area contributed by atoms with Gasteiger partial charge in [0.05, 0.1) is 6.42 Å². The van der Waals surface area contributed by atoms with Gasteiger partial charge in [0.2, 0.25) is 0 Å². The molecule has 0 aromatic rings. The fourth-order valence-corrected chi connectivity index (χ4v) is 7.72. The average molecular weight is 984 g/mol. The molecular weight excluding hydrogens is 877 g/mol. The molecule has 402 valence electrons. The van der Waals surface area contributed by atoms with Crippen LogP contribution in [0.5, 0.6) is 0 Å². The summed E-state index contributed by atoms with van der Waals surface area (Å²) >= 11 is 0. The van der Waals surface area contributed by atoms with E-state index in [0.717, 1.165) is 103 Å². The van der Waals surface area contributed by atoms with E-state index in [1.807, 2.05) is 6.08 Å². The summed E-state index contributed by atoms with van der Waals surface area (Å²) in [5.74, 6) is -1.06. The third-order valence-corrected chi connectivity index (χ3v) is 12.0. The third-order valence-electron chi connectivity index (χ3n) is 12.0. The van der Waals surface area contributed by atoms with Gasteiger partial charge in [-0.25, -0.2) is 0 Å². The molecule has 0 bridgehead atoms. The minimum Gasteiger partial charge on any atom is -0.462 e. The van der Waals surface area contributed by atoms with E-state index < -0.39 is 12.1 Å². The van der Waals surface area contributed by atoms with E-state index in [2.05, 4.69) is 130 Å². The van der Waals surface area contributed by atoms with Crippen molar-refractivity contribution in [1.82, 2.24) is 0 Å². The summed E-state index contributed by atoms with van der Waals surface area (Å²) in [6, 6.07) is 0. The van der Waals surface area contributed by atoms with Gasteiger partial charge in [0.1, 0.15) is 13.2 Å². The Balaban J connectivity index is 4.14. The molecule has 1 atom stereocenters. The van der Waals surface area contributed by atoms with E-state index >= 15 is 0 Å². The Hall–Kier alpha value is -4.19. The van der Waals surface area contributed by atoms with E-state index in [4.69, 9.17) is 14.2 Å². The molecule has 1 unspecified atom stereocenters. The molecule has 0 radical (unpaired) electrons. The number of carbonyl (C=O) groups excluding carboxylic acids is 3. The highest BCUT2D eigenvalue weighted by Gasteiger charge is 2.19. The number of ether oxygens (including phenoxy) is 3. The van der Waals surface area contributed by atoms with Gasteiger partial charge in [0.25, 0.3) is 0 Å². The first-order valence-corrected chi connectivity index (χ1v) is 29.0. The summed E-state index contributed by atoms with van der Waals surface area (Å²) in [7, 11) is 0. The number of hydrogen-bond acceptors (Lipinski definition) is 6. The molecule has 0 heterocycles. The van der Waals surface area contributed by atoms with Crippen molar-refractivity contribution in [3.8, 4) is 0 Å². The van der Waals surface area contributed by atoms with Crippen molar-refractivity contribution in [2.45, 2.75) is 258 Å². The highest BCUT2D eigenvalue weighted by Crippen LogP contribution is 2.15. The minimum atomic E-state index is -0.830. The smallest absolute Gasteiger partial charge is 0.310 e. The zero-order valence-electron chi connectivity index (χ0n) is 45.9.